The standard InChI is InChI=1S/C8H8AsNS/c1-5-3-2-4-6-7(5)10-8(9)11-6/h2-4H,9H2,1H3. The van der Waals surface area contributed by atoms with Gasteiger partial charge in [-0.25, -0.2) is 0 Å². The molecule has 11 heavy (non-hydrogen) atoms. The van der Waals surface area contributed by atoms with E-state index in [9.17, 15) is 0 Å². The van der Waals surface area contributed by atoms with Crippen molar-refractivity contribution < 1.29 is 0 Å². The molecule has 1 nitrogen and oxygen atoms in total. The van der Waals surface area contributed by atoms with Crippen LogP contribution in [0.5, 0.6) is 0 Å². The fourth-order valence-electron chi connectivity index (χ4n) is 1.10. The quantitative estimate of drug-likeness (QED) is 0.606. The Kier molecular flexibility index (Phi) is 1.74. The first-order valence-electron chi connectivity index (χ1n) is 3.39. The molecule has 2 rings (SSSR count). The number of para-hydroxylation sites is 1. The molecule has 0 amide bonds. The normalized spacial score (nSPS) is 10.7. The maximum absolute atomic E-state index is 4.46. The second-order valence-corrected chi connectivity index (χ2v) is 5.56. The van der Waals surface area contributed by atoms with Crippen LogP contribution in [-0.2, 0) is 0 Å². The van der Waals surface area contributed by atoms with Crippen LogP contribution in [-0.4, -0.2) is 21.8 Å². The summed E-state index contributed by atoms with van der Waals surface area (Å²) in [6.07, 6.45) is 0. The molecule has 0 aliphatic heterocycles. The minimum atomic E-state index is 1.18. The third-order valence-electron chi connectivity index (χ3n) is 1.64. The van der Waals surface area contributed by atoms with Gasteiger partial charge in [0.05, 0.1) is 0 Å². The van der Waals surface area contributed by atoms with Gasteiger partial charge in [0, 0.05) is 0 Å². The van der Waals surface area contributed by atoms with Crippen molar-refractivity contribution in [1.82, 2.24) is 4.98 Å². The molecule has 0 saturated heterocycles. The van der Waals surface area contributed by atoms with E-state index in [4.69, 9.17) is 0 Å². The molecule has 0 saturated carbocycles. The Morgan fingerprint density at radius 1 is 1.45 bits per heavy atom. The van der Waals surface area contributed by atoms with E-state index in [1.54, 1.807) is 28.2 Å². The van der Waals surface area contributed by atoms with Gasteiger partial charge >= 0.3 is 77.9 Å². The number of fused-ring (bicyclic) bond motifs is 1. The molecule has 3 heteroatoms. The average molecular weight is 225 g/mol. The minimum absolute atomic E-state index is 1.18. The number of aromatic nitrogens is 1. The number of nitrogens with zero attached hydrogens (tertiary/aromatic N) is 1. The third kappa shape index (κ3) is 1.21. The van der Waals surface area contributed by atoms with E-state index in [2.05, 4.69) is 30.1 Å². The van der Waals surface area contributed by atoms with Gasteiger partial charge in [-0.2, -0.15) is 0 Å². The van der Waals surface area contributed by atoms with Gasteiger partial charge in [0.2, 0.25) is 0 Å². The van der Waals surface area contributed by atoms with Crippen LogP contribution in [0.3, 0.4) is 0 Å². The summed E-state index contributed by atoms with van der Waals surface area (Å²) in [6.45, 7) is 2.11. The van der Waals surface area contributed by atoms with Crippen molar-refractivity contribution in [3.8, 4) is 0 Å². The van der Waals surface area contributed by atoms with Gasteiger partial charge in [-0.05, 0) is 0 Å². The second kappa shape index (κ2) is 2.61. The van der Waals surface area contributed by atoms with Crippen molar-refractivity contribution in [2.45, 2.75) is 6.92 Å². The van der Waals surface area contributed by atoms with Crippen molar-refractivity contribution in [1.29, 1.82) is 0 Å². The molecular formula is C8H8AsNS. The Hall–Kier alpha value is -0.332. The SMILES string of the molecule is Cc1cccc2sc([AsH2])nc12. The van der Waals surface area contributed by atoms with Gasteiger partial charge in [0.1, 0.15) is 0 Å². The molecule has 0 spiro atoms. The summed E-state index contributed by atoms with van der Waals surface area (Å²) in [4.78, 5) is 4.46. The number of thiazole rings is 1. The van der Waals surface area contributed by atoms with E-state index in [0.717, 1.165) is 0 Å². The van der Waals surface area contributed by atoms with Gasteiger partial charge in [-0.15, -0.1) is 0 Å². The molecule has 0 bridgehead atoms. The zero-order valence-electron chi connectivity index (χ0n) is 6.16. The number of benzene rings is 1. The summed E-state index contributed by atoms with van der Waals surface area (Å²) < 4.78 is 2.52. The molecule has 1 aromatic heterocycles. The van der Waals surface area contributed by atoms with E-state index < -0.39 is 0 Å². The number of hydrogen-bond donors (Lipinski definition) is 0. The number of rotatable bonds is 0. The van der Waals surface area contributed by atoms with E-state index in [-0.39, 0.29) is 0 Å². The first-order chi connectivity index (χ1) is 5.27. The third-order valence-corrected chi connectivity index (χ3v) is 3.50. The van der Waals surface area contributed by atoms with Crippen LogP contribution in [0.2, 0.25) is 0 Å². The zero-order valence-corrected chi connectivity index (χ0v) is 9.40. The van der Waals surface area contributed by atoms with Crippen LogP contribution >= 0.6 is 11.3 Å². The molecule has 0 radical (unpaired) electrons. The number of aryl methyl sites for hydroxylation is 1. The second-order valence-electron chi connectivity index (χ2n) is 2.47. The molecule has 1 heterocycles. The van der Waals surface area contributed by atoms with Crippen molar-refractivity contribution in [2.24, 2.45) is 0 Å². The predicted molar refractivity (Wildman–Crippen MR) is 52.5 cm³/mol. The van der Waals surface area contributed by atoms with Gasteiger partial charge in [0.25, 0.3) is 0 Å². The maximum atomic E-state index is 4.46. The van der Waals surface area contributed by atoms with Gasteiger partial charge in [0.15, 0.2) is 0 Å². The van der Waals surface area contributed by atoms with E-state index in [0.29, 0.717) is 0 Å². The van der Waals surface area contributed by atoms with Crippen molar-refractivity contribution in [3.63, 3.8) is 0 Å². The average Bonchev–Trinajstić information content (AvgIpc) is 2.31. The Bertz CT molecular complexity index is 394. The van der Waals surface area contributed by atoms with Crippen molar-refractivity contribution in [3.05, 3.63) is 23.8 Å². The Balaban J connectivity index is 2.90. The van der Waals surface area contributed by atoms with Crippen molar-refractivity contribution in [2.75, 3.05) is 0 Å². The van der Waals surface area contributed by atoms with Gasteiger partial charge in [-0.1, -0.05) is 0 Å². The van der Waals surface area contributed by atoms with Crippen LogP contribution in [0.4, 0.5) is 0 Å². The zero-order chi connectivity index (χ0) is 7.84. The molecule has 1 unspecified atom stereocenters. The molecule has 0 fully saturated rings. The first kappa shape index (κ1) is 7.32. The molecule has 0 aliphatic rings. The van der Waals surface area contributed by atoms with Crippen LogP contribution in [0.15, 0.2) is 18.2 Å². The van der Waals surface area contributed by atoms with Crippen LogP contribution < -0.4 is 3.80 Å². The predicted octanol–water partition coefficient (Wildman–Crippen LogP) is 0.863. The first-order valence-corrected chi connectivity index (χ1v) is 5.42. The van der Waals surface area contributed by atoms with Crippen LogP contribution in [0, 0.1) is 6.92 Å². The summed E-state index contributed by atoms with van der Waals surface area (Å²) in [6, 6.07) is 6.32. The molecule has 1 atom stereocenters. The molecule has 0 aliphatic carbocycles. The Morgan fingerprint density at radius 3 is 3.00 bits per heavy atom. The summed E-state index contributed by atoms with van der Waals surface area (Å²) in [7, 11) is 0. The fourth-order valence-corrected chi connectivity index (χ4v) is 2.99. The number of hydrogen-bond acceptors (Lipinski definition) is 2. The van der Waals surface area contributed by atoms with E-state index in [1.165, 1.54) is 19.6 Å². The van der Waals surface area contributed by atoms with Gasteiger partial charge < -0.3 is 0 Å². The summed E-state index contributed by atoms with van der Waals surface area (Å²) in [5.74, 6) is 0. The topological polar surface area (TPSA) is 12.9 Å². The Labute approximate surface area is 78.0 Å². The van der Waals surface area contributed by atoms with E-state index in [1.807, 2.05) is 0 Å². The summed E-state index contributed by atoms with van der Waals surface area (Å²) in [5, 5.41) is 0. The summed E-state index contributed by atoms with van der Waals surface area (Å²) >= 11 is 3.39. The fraction of sp³-hybridized carbons (Fsp3) is 0.125. The van der Waals surface area contributed by atoms with Crippen LogP contribution in [0.25, 0.3) is 10.2 Å². The molecule has 2 aromatic rings. The van der Waals surface area contributed by atoms with Crippen molar-refractivity contribution >= 4 is 42.2 Å². The molecular weight excluding hydrogens is 217 g/mol. The molecule has 1 aromatic carbocycles. The van der Waals surface area contributed by atoms with E-state index >= 15 is 0 Å². The summed E-state index contributed by atoms with van der Waals surface area (Å²) in [5.41, 5.74) is 2.46. The van der Waals surface area contributed by atoms with Crippen LogP contribution in [0.1, 0.15) is 5.56 Å². The molecule has 0 N–H and O–H groups in total. The Morgan fingerprint density at radius 2 is 2.27 bits per heavy atom. The monoisotopic (exact) mass is 225 g/mol. The van der Waals surface area contributed by atoms with Gasteiger partial charge in [-0.3, -0.25) is 0 Å². The molecule has 56 valence electrons.